The van der Waals surface area contributed by atoms with E-state index in [0.29, 0.717) is 12.4 Å². The lowest BCUT2D eigenvalue weighted by molar-refractivity contribution is -0.137. The lowest BCUT2D eigenvalue weighted by Gasteiger charge is -2.11. The molecule has 0 bridgehead atoms. The first-order chi connectivity index (χ1) is 9.32. The molecule has 2 rings (SSSR count). The van der Waals surface area contributed by atoms with Gasteiger partial charge in [-0.3, -0.25) is 4.40 Å². The highest BCUT2D eigenvalue weighted by atomic mass is 35.5. The highest BCUT2D eigenvalue weighted by Gasteiger charge is 2.32. The number of rotatable bonds is 4. The number of halogens is 4. The number of hydrogen-bond donors (Lipinski definition) is 1. The van der Waals surface area contributed by atoms with Crippen LogP contribution in [-0.4, -0.2) is 20.6 Å². The molecule has 8 heteroatoms. The van der Waals surface area contributed by atoms with Crippen molar-refractivity contribution >= 4 is 17.2 Å². The maximum Gasteiger partial charge on any atom is 0.417 e. The van der Waals surface area contributed by atoms with Crippen LogP contribution in [0.1, 0.15) is 31.7 Å². The van der Waals surface area contributed by atoms with Crippen molar-refractivity contribution in [1.82, 2.24) is 19.9 Å². The molecule has 0 aliphatic heterocycles. The number of nitrogens with zero attached hydrogens (tertiary/aromatic N) is 3. The Morgan fingerprint density at radius 3 is 2.70 bits per heavy atom. The number of fused-ring (bicyclic) bond motifs is 1. The summed E-state index contributed by atoms with van der Waals surface area (Å²) in [4.78, 5) is 0. The van der Waals surface area contributed by atoms with E-state index in [-0.39, 0.29) is 16.7 Å². The third kappa shape index (κ3) is 3.04. The first kappa shape index (κ1) is 15.1. The molecule has 0 aliphatic rings. The van der Waals surface area contributed by atoms with Crippen LogP contribution in [0.4, 0.5) is 13.2 Å². The van der Waals surface area contributed by atoms with Crippen molar-refractivity contribution in [2.45, 2.75) is 39.0 Å². The lowest BCUT2D eigenvalue weighted by atomic mass is 10.2. The molecule has 110 valence electrons. The van der Waals surface area contributed by atoms with Gasteiger partial charge in [0.2, 0.25) is 0 Å². The van der Waals surface area contributed by atoms with Crippen molar-refractivity contribution in [3.63, 3.8) is 0 Å². The fraction of sp³-hybridized carbons (Fsp3) is 0.500. The summed E-state index contributed by atoms with van der Waals surface area (Å²) in [5.41, 5.74) is -0.597. The standard InChI is InChI=1S/C12H14ClF3N4/c1-3-7(2)17-5-10-18-19-11-9(13)4-8(6-20(10)11)12(14,15)16/h4,6-7,17H,3,5H2,1-2H3. The van der Waals surface area contributed by atoms with Crippen molar-refractivity contribution in [3.8, 4) is 0 Å². The van der Waals surface area contributed by atoms with Crippen molar-refractivity contribution < 1.29 is 13.2 Å². The second-order valence-electron chi connectivity index (χ2n) is 4.57. The van der Waals surface area contributed by atoms with Gasteiger partial charge in [-0.1, -0.05) is 18.5 Å². The van der Waals surface area contributed by atoms with Crippen LogP contribution in [0.2, 0.25) is 5.02 Å². The molecule has 0 aromatic carbocycles. The van der Waals surface area contributed by atoms with E-state index in [1.165, 1.54) is 4.40 Å². The molecule has 2 aromatic heterocycles. The monoisotopic (exact) mass is 306 g/mol. The Balaban J connectivity index is 2.40. The molecule has 1 atom stereocenters. The molecule has 20 heavy (non-hydrogen) atoms. The maximum atomic E-state index is 12.8. The maximum absolute atomic E-state index is 12.8. The van der Waals surface area contributed by atoms with Gasteiger partial charge < -0.3 is 5.32 Å². The molecule has 0 saturated heterocycles. The minimum Gasteiger partial charge on any atom is -0.307 e. The molecule has 0 radical (unpaired) electrons. The summed E-state index contributed by atoms with van der Waals surface area (Å²) in [6.45, 7) is 4.32. The number of alkyl halides is 3. The van der Waals surface area contributed by atoms with Gasteiger partial charge in [0.25, 0.3) is 0 Å². The molecule has 0 saturated carbocycles. The number of aromatic nitrogens is 3. The normalized spacial score (nSPS) is 13.9. The topological polar surface area (TPSA) is 42.2 Å². The fourth-order valence-corrected chi connectivity index (χ4v) is 1.93. The molecule has 2 aromatic rings. The van der Waals surface area contributed by atoms with Gasteiger partial charge in [-0.05, 0) is 19.4 Å². The largest absolute Gasteiger partial charge is 0.417 e. The predicted molar refractivity (Wildman–Crippen MR) is 69.6 cm³/mol. The number of nitrogens with one attached hydrogen (secondary N) is 1. The highest BCUT2D eigenvalue weighted by molar-refractivity contribution is 6.33. The van der Waals surface area contributed by atoms with Crippen LogP contribution in [0.15, 0.2) is 12.3 Å². The highest BCUT2D eigenvalue weighted by Crippen LogP contribution is 2.32. The van der Waals surface area contributed by atoms with E-state index in [1.54, 1.807) is 0 Å². The Labute approximate surface area is 118 Å². The fourth-order valence-electron chi connectivity index (χ4n) is 1.69. The van der Waals surface area contributed by atoms with E-state index in [2.05, 4.69) is 15.5 Å². The van der Waals surface area contributed by atoms with Crippen LogP contribution in [0.5, 0.6) is 0 Å². The van der Waals surface area contributed by atoms with Crippen LogP contribution in [0.3, 0.4) is 0 Å². The quantitative estimate of drug-likeness (QED) is 0.942. The summed E-state index contributed by atoms with van der Waals surface area (Å²) in [5, 5.41) is 10.8. The summed E-state index contributed by atoms with van der Waals surface area (Å²) in [6.07, 6.45) is -2.58. The van der Waals surface area contributed by atoms with E-state index >= 15 is 0 Å². The minimum atomic E-state index is -4.45. The van der Waals surface area contributed by atoms with Crippen LogP contribution in [-0.2, 0) is 12.7 Å². The van der Waals surface area contributed by atoms with Crippen molar-refractivity contribution in [2.75, 3.05) is 0 Å². The third-order valence-corrected chi connectivity index (χ3v) is 3.36. The van der Waals surface area contributed by atoms with Gasteiger partial charge in [0.1, 0.15) is 0 Å². The second-order valence-corrected chi connectivity index (χ2v) is 4.98. The summed E-state index contributed by atoms with van der Waals surface area (Å²) < 4.78 is 39.6. The molecule has 0 fully saturated rings. The first-order valence-electron chi connectivity index (χ1n) is 6.16. The van der Waals surface area contributed by atoms with E-state index in [9.17, 15) is 13.2 Å². The van der Waals surface area contributed by atoms with Gasteiger partial charge in [0.05, 0.1) is 17.1 Å². The predicted octanol–water partition coefficient (Wildman–Crippen LogP) is 3.29. The molecule has 0 aliphatic carbocycles. The van der Waals surface area contributed by atoms with Gasteiger partial charge in [-0.15, -0.1) is 10.2 Å². The van der Waals surface area contributed by atoms with Crippen LogP contribution >= 0.6 is 11.6 Å². The van der Waals surface area contributed by atoms with Crippen LogP contribution < -0.4 is 5.32 Å². The molecular formula is C12H14ClF3N4. The summed E-state index contributed by atoms with van der Waals surface area (Å²) in [6, 6.07) is 1.10. The molecule has 0 spiro atoms. The summed E-state index contributed by atoms with van der Waals surface area (Å²) in [7, 11) is 0. The van der Waals surface area contributed by atoms with Gasteiger partial charge in [-0.25, -0.2) is 0 Å². The zero-order valence-electron chi connectivity index (χ0n) is 11.0. The minimum absolute atomic E-state index is 0.0675. The van der Waals surface area contributed by atoms with Gasteiger partial charge in [0, 0.05) is 12.2 Å². The first-order valence-corrected chi connectivity index (χ1v) is 6.54. The number of pyridine rings is 1. The van der Waals surface area contributed by atoms with Gasteiger partial charge in [0.15, 0.2) is 11.5 Å². The Bertz CT molecular complexity index is 609. The Morgan fingerprint density at radius 2 is 2.10 bits per heavy atom. The van der Waals surface area contributed by atoms with Gasteiger partial charge in [-0.2, -0.15) is 13.2 Å². The third-order valence-electron chi connectivity index (χ3n) is 3.08. The van der Waals surface area contributed by atoms with Crippen LogP contribution in [0, 0.1) is 0 Å². The zero-order chi connectivity index (χ0) is 14.9. The van der Waals surface area contributed by atoms with E-state index in [1.807, 2.05) is 13.8 Å². The summed E-state index contributed by atoms with van der Waals surface area (Å²) in [5.74, 6) is 0.397. The molecular weight excluding hydrogens is 293 g/mol. The molecule has 4 nitrogen and oxygen atoms in total. The van der Waals surface area contributed by atoms with E-state index in [0.717, 1.165) is 18.7 Å². The Kier molecular flexibility index (Phi) is 4.19. The number of hydrogen-bond acceptors (Lipinski definition) is 3. The van der Waals surface area contributed by atoms with E-state index in [4.69, 9.17) is 11.6 Å². The van der Waals surface area contributed by atoms with Gasteiger partial charge >= 0.3 is 6.18 Å². The second kappa shape index (κ2) is 5.57. The average molecular weight is 307 g/mol. The SMILES string of the molecule is CCC(C)NCc1nnc2c(Cl)cc(C(F)(F)F)cn12. The molecule has 0 amide bonds. The molecule has 2 heterocycles. The average Bonchev–Trinajstić information content (AvgIpc) is 2.78. The summed E-state index contributed by atoms with van der Waals surface area (Å²) >= 11 is 5.83. The van der Waals surface area contributed by atoms with E-state index < -0.39 is 11.7 Å². The Morgan fingerprint density at radius 1 is 1.40 bits per heavy atom. The van der Waals surface area contributed by atoms with Crippen molar-refractivity contribution in [1.29, 1.82) is 0 Å². The molecule has 1 unspecified atom stereocenters. The van der Waals surface area contributed by atoms with Crippen molar-refractivity contribution in [3.05, 3.63) is 28.7 Å². The zero-order valence-corrected chi connectivity index (χ0v) is 11.8. The van der Waals surface area contributed by atoms with Crippen molar-refractivity contribution in [2.24, 2.45) is 0 Å². The lowest BCUT2D eigenvalue weighted by Crippen LogP contribution is -2.25. The van der Waals surface area contributed by atoms with Crippen LogP contribution in [0.25, 0.3) is 5.65 Å². The smallest absolute Gasteiger partial charge is 0.307 e. The molecule has 1 N–H and O–H groups in total. The Hall–Kier alpha value is -1.34.